The van der Waals surface area contributed by atoms with Crippen molar-refractivity contribution < 1.29 is 57.9 Å². The molecule has 15 nitrogen and oxygen atoms in total. The minimum atomic E-state index is -3.72. The number of hydrogen-bond donors (Lipinski definition) is 0. The van der Waals surface area contributed by atoms with Gasteiger partial charge in [-0.15, -0.1) is 0 Å². The Morgan fingerprint density at radius 1 is 0.746 bits per heavy atom. The van der Waals surface area contributed by atoms with Crippen LogP contribution in [0.3, 0.4) is 0 Å². The first kappa shape index (κ1) is 54.0. The number of halogens is 1. The minimum absolute atomic E-state index is 0. The zero-order valence-corrected chi connectivity index (χ0v) is 40.4. The van der Waals surface area contributed by atoms with E-state index in [1.165, 1.54) is 25.0 Å². The average molecular weight is 960 g/mol. The van der Waals surface area contributed by atoms with Crippen molar-refractivity contribution in [3.05, 3.63) is 129 Å². The molecule has 63 heavy (non-hydrogen) atoms. The molecule has 1 fully saturated rings. The van der Waals surface area contributed by atoms with Crippen LogP contribution < -0.4 is 47.2 Å². The molecule has 0 aliphatic carbocycles. The number of fused-ring (bicyclic) bond motifs is 2. The van der Waals surface area contributed by atoms with Gasteiger partial charge < -0.3 is 55.6 Å². The first-order chi connectivity index (χ1) is 29.2. The molecule has 4 aromatic heterocycles. The normalized spacial score (nSPS) is 11.5. The summed E-state index contributed by atoms with van der Waals surface area (Å²) < 4.78 is 61.1. The number of hydrogen-bond acceptors (Lipinski definition) is 15. The summed E-state index contributed by atoms with van der Waals surface area (Å²) in [4.78, 5) is 40.3. The molecule has 0 saturated carbocycles. The van der Waals surface area contributed by atoms with Gasteiger partial charge in [0.1, 0.15) is 35.5 Å². The molecule has 0 spiro atoms. The van der Waals surface area contributed by atoms with Crippen molar-refractivity contribution in [3.63, 3.8) is 0 Å². The van der Waals surface area contributed by atoms with Crippen molar-refractivity contribution in [2.45, 2.75) is 71.7 Å². The maximum Gasteiger partial charge on any atom is 2.00 e. The van der Waals surface area contributed by atoms with E-state index in [1.54, 1.807) is 40.2 Å². The maximum absolute atomic E-state index is 11.9. The van der Waals surface area contributed by atoms with Crippen LogP contribution in [0.5, 0.6) is 23.3 Å². The summed E-state index contributed by atoms with van der Waals surface area (Å²) in [6.07, 6.45) is 7.17. The standard InChI is InChI=1S/C20H20N2O4.C18H18N2O6S.C4H8O.C3H5.BrH.Mg/c1-5-14-10-16(23)26-20-17(14)19(21-18(22-20)12(2)3)25-11-13-6-8-15(24-4)9-7-13;1-4-12-9-14(21)26-17-15(12)16(19-18(20-17)27(3,22)23)25-10-11-5-7-13(24-2)8-6-11;1-2-4-5-3-1;1-3-2;;/h6-10H,2,5,11H2,1,3-4H3;5-9H,4,10H2,1-3H3;1-4H2;1H2,2H3;1H;/q;;;-1;;+2/p-1. The molecule has 0 unspecified atom stereocenters. The number of allylic oxidation sites excluding steroid dienone is 2. The second-order valence-electron chi connectivity index (χ2n) is 13.4. The number of ether oxygens (including phenoxy) is 5. The molecule has 7 rings (SSSR count). The van der Waals surface area contributed by atoms with Crippen LogP contribution in [0.15, 0.2) is 97.4 Å². The van der Waals surface area contributed by atoms with E-state index in [0.29, 0.717) is 58.8 Å². The number of nitrogens with zero attached hydrogens (tertiary/aromatic N) is 4. The zero-order chi connectivity index (χ0) is 44.5. The van der Waals surface area contributed by atoms with Gasteiger partial charge in [0.15, 0.2) is 5.82 Å². The first-order valence-electron chi connectivity index (χ1n) is 19.3. The Balaban J connectivity index is 0.000000359. The summed E-state index contributed by atoms with van der Waals surface area (Å²) in [7, 11) is -0.525. The van der Waals surface area contributed by atoms with Crippen molar-refractivity contribution >= 4 is 60.7 Å². The molecule has 0 radical (unpaired) electrons. The molecular formula is C45H51BrMgN4O11S. The number of methoxy groups -OCH3 is 2. The van der Waals surface area contributed by atoms with Crippen LogP contribution in [0.1, 0.15) is 68.6 Å². The quantitative estimate of drug-likeness (QED) is 0.0957. The summed E-state index contributed by atoms with van der Waals surface area (Å²) in [5, 5.41) is 0.541. The van der Waals surface area contributed by atoms with E-state index < -0.39 is 26.2 Å². The zero-order valence-electron chi connectivity index (χ0n) is 36.6. The van der Waals surface area contributed by atoms with E-state index >= 15 is 0 Å². The molecule has 332 valence electrons. The van der Waals surface area contributed by atoms with Gasteiger partial charge in [-0.1, -0.05) is 44.7 Å². The van der Waals surface area contributed by atoms with E-state index in [-0.39, 0.29) is 63.9 Å². The van der Waals surface area contributed by atoms with E-state index in [1.807, 2.05) is 50.2 Å². The van der Waals surface area contributed by atoms with Crippen LogP contribution in [0.4, 0.5) is 0 Å². The molecule has 0 atom stereocenters. The fourth-order valence-corrected chi connectivity index (χ4v) is 6.08. The average Bonchev–Trinajstić information content (AvgIpc) is 3.85. The monoisotopic (exact) mass is 958 g/mol. The second-order valence-corrected chi connectivity index (χ2v) is 15.3. The number of aromatic nitrogens is 4. The third-order valence-corrected chi connectivity index (χ3v) is 9.50. The summed E-state index contributed by atoms with van der Waals surface area (Å²) >= 11 is 0. The molecular weight excluding hydrogens is 909 g/mol. The van der Waals surface area contributed by atoms with Crippen LogP contribution in [0, 0.1) is 6.08 Å². The van der Waals surface area contributed by atoms with E-state index in [9.17, 15) is 18.0 Å². The van der Waals surface area contributed by atoms with Crippen LogP contribution in [0.25, 0.3) is 27.8 Å². The molecule has 0 N–H and O–H groups in total. The fourth-order valence-electron chi connectivity index (χ4n) is 5.58. The van der Waals surface area contributed by atoms with E-state index in [4.69, 9.17) is 32.5 Å². The number of sulfone groups is 1. The largest absolute Gasteiger partial charge is 2.00 e. The van der Waals surface area contributed by atoms with Gasteiger partial charge in [-0.3, -0.25) is 6.58 Å². The van der Waals surface area contributed by atoms with Crippen molar-refractivity contribution in [2.24, 2.45) is 0 Å². The van der Waals surface area contributed by atoms with E-state index in [2.05, 4.69) is 39.2 Å². The number of aryl methyl sites for hydroxylation is 2. The van der Waals surface area contributed by atoms with Gasteiger partial charge in [0.05, 0.1) is 14.2 Å². The minimum Gasteiger partial charge on any atom is -1.00 e. The second kappa shape index (κ2) is 26.5. The van der Waals surface area contributed by atoms with Gasteiger partial charge in [-0.25, -0.2) is 18.0 Å². The van der Waals surface area contributed by atoms with Crippen molar-refractivity contribution in [1.82, 2.24) is 19.9 Å². The van der Waals surface area contributed by atoms with Crippen LogP contribution in [-0.4, -0.2) is 85.1 Å². The molecule has 1 aliphatic heterocycles. The molecule has 18 heteroatoms. The molecule has 0 bridgehead atoms. The third-order valence-electron chi connectivity index (χ3n) is 8.66. The Hall–Kier alpha value is -5.14. The van der Waals surface area contributed by atoms with Crippen LogP contribution in [-0.2, 0) is 40.6 Å². The summed E-state index contributed by atoms with van der Waals surface area (Å²) in [6.45, 7) is 16.9. The smallest absolute Gasteiger partial charge is 1.00 e. The Bertz CT molecular complexity index is 2650. The third kappa shape index (κ3) is 15.9. The molecule has 2 aromatic carbocycles. The molecule has 5 heterocycles. The Kier molecular flexibility index (Phi) is 22.7. The number of benzene rings is 2. The molecule has 6 aromatic rings. The summed E-state index contributed by atoms with van der Waals surface area (Å²) in [5.41, 5.74) is 2.90. The van der Waals surface area contributed by atoms with Crippen molar-refractivity contribution in [2.75, 3.05) is 33.7 Å². The fraction of sp³-hybridized carbons (Fsp3) is 0.333. The van der Waals surface area contributed by atoms with Gasteiger partial charge in [0.25, 0.3) is 5.16 Å². The summed E-state index contributed by atoms with van der Waals surface area (Å²) in [5.74, 6) is 2.31. The van der Waals surface area contributed by atoms with Crippen molar-refractivity contribution in [1.29, 1.82) is 0 Å². The van der Waals surface area contributed by atoms with Crippen molar-refractivity contribution in [3.8, 4) is 23.3 Å². The first-order valence-corrected chi connectivity index (χ1v) is 21.2. The Morgan fingerprint density at radius 2 is 1.16 bits per heavy atom. The predicted octanol–water partition coefficient (Wildman–Crippen LogP) is 4.32. The Labute approximate surface area is 393 Å². The van der Waals surface area contributed by atoms with Crippen LogP contribution >= 0.6 is 0 Å². The topological polar surface area (TPSA) is 192 Å². The Morgan fingerprint density at radius 3 is 1.51 bits per heavy atom. The van der Waals surface area contributed by atoms with Crippen LogP contribution in [0.2, 0.25) is 0 Å². The van der Waals surface area contributed by atoms with Gasteiger partial charge >= 0.3 is 34.3 Å². The SMILES string of the molecule is C1CCOC1.C=C(C)c1nc(OCc2ccc(OC)cc2)c2c(CC)cc(=O)oc2n1.C=[C-]C.CCc1cc(=O)oc2nc(S(C)(=O)=O)nc(OCc3ccc(OC)cc3)c12.[Br-].[Mg+2]. The molecule has 0 amide bonds. The maximum atomic E-state index is 11.9. The molecule has 1 aliphatic rings. The van der Waals surface area contributed by atoms with Gasteiger partial charge in [-0.2, -0.15) is 26.9 Å². The molecule has 1 saturated heterocycles. The number of rotatable bonds is 12. The van der Waals surface area contributed by atoms with Gasteiger partial charge in [-0.05, 0) is 84.7 Å². The van der Waals surface area contributed by atoms with Gasteiger partial charge in [0.2, 0.25) is 33.0 Å². The van der Waals surface area contributed by atoms with Gasteiger partial charge in [0, 0.05) is 31.6 Å². The van der Waals surface area contributed by atoms with E-state index in [0.717, 1.165) is 41.9 Å². The summed E-state index contributed by atoms with van der Waals surface area (Å²) in [6, 6.07) is 17.6. The predicted molar refractivity (Wildman–Crippen MR) is 238 cm³/mol.